The molecule has 42 heavy (non-hydrogen) atoms. The van der Waals surface area contributed by atoms with E-state index in [1.54, 1.807) is 4.90 Å². The van der Waals surface area contributed by atoms with Crippen LogP contribution in [0.25, 0.3) is 0 Å². The van der Waals surface area contributed by atoms with Gasteiger partial charge in [0.25, 0.3) is 5.91 Å². The lowest BCUT2D eigenvalue weighted by molar-refractivity contribution is -0.143. The maximum Gasteiger partial charge on any atom is 0.316 e. The Bertz CT molecular complexity index is 1030. The Kier molecular flexibility index (Phi) is 11.9. The molecule has 0 aromatic carbocycles. The van der Waals surface area contributed by atoms with Crippen molar-refractivity contribution in [2.45, 2.75) is 118 Å². The Hall–Kier alpha value is -3.18. The third kappa shape index (κ3) is 9.42. The molecule has 1 saturated heterocycles. The highest BCUT2D eigenvalue weighted by Crippen LogP contribution is 2.34. The molecule has 1 saturated carbocycles. The first kappa shape index (κ1) is 35.0. The second kappa shape index (κ2) is 14.3. The number of nitrogens with zero attached hydrogens (tertiary/aromatic N) is 2. The molecule has 2 unspecified atom stereocenters. The molecule has 1 heterocycles. The van der Waals surface area contributed by atoms with Gasteiger partial charge in [-0.3, -0.25) is 24.0 Å². The molecule has 0 bridgehead atoms. The Morgan fingerprint density at radius 2 is 1.45 bits per heavy atom. The number of carbonyl (C=O) groups excluding carboxylic acids is 6. The summed E-state index contributed by atoms with van der Waals surface area (Å²) in [5, 5.41) is 8.27. The van der Waals surface area contributed by atoms with Crippen LogP contribution in [0.4, 0.5) is 4.79 Å². The molecular formula is C30H52N6O6. The number of urea groups is 1. The maximum absolute atomic E-state index is 13.9. The fourth-order valence-electron chi connectivity index (χ4n) is 5.30. The van der Waals surface area contributed by atoms with Crippen LogP contribution in [0.3, 0.4) is 0 Å². The van der Waals surface area contributed by atoms with E-state index in [0.717, 1.165) is 19.3 Å². The van der Waals surface area contributed by atoms with Gasteiger partial charge < -0.3 is 31.5 Å². The third-order valence-corrected chi connectivity index (χ3v) is 7.94. The molecule has 4 atom stereocenters. The molecule has 0 aromatic rings. The average Bonchev–Trinajstić information content (AvgIpc) is 3.56. The van der Waals surface area contributed by atoms with E-state index < -0.39 is 64.5 Å². The molecule has 6 amide bonds. The van der Waals surface area contributed by atoms with Crippen molar-refractivity contribution in [3.8, 4) is 0 Å². The van der Waals surface area contributed by atoms with Crippen LogP contribution in [0.1, 0.15) is 93.9 Å². The minimum atomic E-state index is -1.10. The second-order valence-corrected chi connectivity index (χ2v) is 13.8. The molecule has 5 N–H and O–H groups in total. The highest BCUT2D eigenvalue weighted by atomic mass is 16.2. The van der Waals surface area contributed by atoms with Gasteiger partial charge in [-0.2, -0.15) is 0 Å². The smallest absolute Gasteiger partial charge is 0.316 e. The summed E-state index contributed by atoms with van der Waals surface area (Å²) in [5.74, 6) is -2.85. The molecular weight excluding hydrogens is 540 g/mol. The van der Waals surface area contributed by atoms with Crippen LogP contribution < -0.4 is 21.7 Å². The Labute approximate surface area is 250 Å². The van der Waals surface area contributed by atoms with E-state index in [1.807, 2.05) is 55.4 Å². The monoisotopic (exact) mass is 592 g/mol. The summed E-state index contributed by atoms with van der Waals surface area (Å²) < 4.78 is 0. The number of primary amides is 1. The zero-order valence-corrected chi connectivity index (χ0v) is 26.7. The molecule has 0 radical (unpaired) electrons. The summed E-state index contributed by atoms with van der Waals surface area (Å²) in [4.78, 5) is 81.0. The van der Waals surface area contributed by atoms with Gasteiger partial charge in [-0.15, -0.1) is 0 Å². The quantitative estimate of drug-likeness (QED) is 0.237. The van der Waals surface area contributed by atoms with Crippen molar-refractivity contribution < 1.29 is 28.8 Å². The van der Waals surface area contributed by atoms with Crippen LogP contribution in [-0.2, 0) is 24.0 Å². The minimum absolute atomic E-state index is 0.192. The van der Waals surface area contributed by atoms with Crippen LogP contribution in [0.2, 0.25) is 0 Å². The zero-order valence-electron chi connectivity index (χ0n) is 26.7. The summed E-state index contributed by atoms with van der Waals surface area (Å²) in [6.07, 6.45) is 3.91. The van der Waals surface area contributed by atoms with E-state index in [0.29, 0.717) is 38.9 Å². The fourth-order valence-corrected chi connectivity index (χ4v) is 5.30. The molecule has 2 fully saturated rings. The number of hydrogen-bond acceptors (Lipinski definition) is 6. The van der Waals surface area contributed by atoms with E-state index in [2.05, 4.69) is 16.0 Å². The summed E-state index contributed by atoms with van der Waals surface area (Å²) in [6.45, 7) is 16.3. The Balaban J connectivity index is 2.21. The number of ketones is 1. The maximum atomic E-state index is 13.9. The normalized spacial score (nSPS) is 19.3. The molecule has 0 spiro atoms. The van der Waals surface area contributed by atoms with E-state index in [9.17, 15) is 28.8 Å². The number of carbonyl (C=O) groups is 6. The predicted octanol–water partition coefficient (Wildman–Crippen LogP) is 1.70. The topological polar surface area (TPSA) is 171 Å². The molecule has 2 rings (SSSR count). The second-order valence-electron chi connectivity index (χ2n) is 13.8. The van der Waals surface area contributed by atoms with Crippen LogP contribution in [-0.4, -0.2) is 89.0 Å². The van der Waals surface area contributed by atoms with Gasteiger partial charge in [0.1, 0.15) is 18.1 Å². The minimum Gasteiger partial charge on any atom is -0.363 e. The van der Waals surface area contributed by atoms with E-state index in [-0.39, 0.29) is 11.8 Å². The Morgan fingerprint density at radius 3 is 1.93 bits per heavy atom. The van der Waals surface area contributed by atoms with Crippen LogP contribution >= 0.6 is 0 Å². The third-order valence-electron chi connectivity index (χ3n) is 7.94. The van der Waals surface area contributed by atoms with Crippen molar-refractivity contribution in [1.82, 2.24) is 25.8 Å². The largest absolute Gasteiger partial charge is 0.363 e. The van der Waals surface area contributed by atoms with E-state index in [1.165, 1.54) is 4.90 Å². The molecule has 12 nitrogen and oxygen atoms in total. The van der Waals surface area contributed by atoms with Crippen LogP contribution in [0.5, 0.6) is 0 Å². The first-order valence-electron chi connectivity index (χ1n) is 15.2. The SMILES string of the molecule is CCCN(CC)C(=O)[C@@H](NC(=O)NC(C(=O)N1CCC[C@H]1C(=O)NC(CC1CC1)C(=O)C(N)=O)C(C)(C)C)C(C)(C)C. The van der Waals surface area contributed by atoms with Crippen molar-refractivity contribution in [3.63, 3.8) is 0 Å². The molecule has 1 aliphatic carbocycles. The standard InChI is InChI=1S/C30H52N6O6/c1-9-15-35(10-2)26(40)22(29(3,4)5)33-28(42)34-23(30(6,7)8)27(41)36-16-11-12-20(36)25(39)32-19(17-18-13-14-18)21(37)24(31)38/h18-20,22-23H,9-17H2,1-8H3,(H2,31,38)(H,32,39)(H2,33,34,42)/t19?,20-,22+,23?/m0/s1. The first-order chi connectivity index (χ1) is 19.4. The number of nitrogens with one attached hydrogen (secondary N) is 3. The number of Topliss-reactive ketones (excluding diaryl/α,β-unsaturated/α-hetero) is 1. The molecule has 0 aromatic heterocycles. The van der Waals surface area contributed by atoms with E-state index in [4.69, 9.17) is 5.73 Å². The molecule has 1 aliphatic heterocycles. The van der Waals surface area contributed by atoms with Crippen molar-refractivity contribution in [2.75, 3.05) is 19.6 Å². The van der Waals surface area contributed by atoms with Gasteiger partial charge >= 0.3 is 6.03 Å². The van der Waals surface area contributed by atoms with E-state index >= 15 is 0 Å². The van der Waals surface area contributed by atoms with Crippen molar-refractivity contribution in [3.05, 3.63) is 0 Å². The van der Waals surface area contributed by atoms with Gasteiger partial charge in [0.05, 0.1) is 6.04 Å². The lowest BCUT2D eigenvalue weighted by atomic mass is 9.85. The van der Waals surface area contributed by atoms with Gasteiger partial charge in [-0.05, 0) is 49.4 Å². The number of nitrogens with two attached hydrogens (primary N) is 1. The fraction of sp³-hybridized carbons (Fsp3) is 0.800. The van der Waals surface area contributed by atoms with Gasteiger partial charge in [-0.25, -0.2) is 4.79 Å². The van der Waals surface area contributed by atoms with Crippen LogP contribution in [0, 0.1) is 16.7 Å². The molecule has 238 valence electrons. The van der Waals surface area contributed by atoms with Crippen LogP contribution in [0.15, 0.2) is 0 Å². The molecule has 12 heteroatoms. The highest BCUT2D eigenvalue weighted by molar-refractivity contribution is 6.37. The zero-order chi connectivity index (χ0) is 32.0. The average molecular weight is 593 g/mol. The van der Waals surface area contributed by atoms with Crippen molar-refractivity contribution in [1.29, 1.82) is 0 Å². The van der Waals surface area contributed by atoms with Gasteiger partial charge in [0, 0.05) is 19.6 Å². The van der Waals surface area contributed by atoms with Gasteiger partial charge in [0.2, 0.25) is 23.5 Å². The summed E-state index contributed by atoms with van der Waals surface area (Å²) >= 11 is 0. The lowest BCUT2D eigenvalue weighted by Crippen LogP contribution is -2.62. The summed E-state index contributed by atoms with van der Waals surface area (Å²) in [6, 6.07) is -4.36. The number of hydrogen-bond donors (Lipinski definition) is 4. The lowest BCUT2D eigenvalue weighted by Gasteiger charge is -2.37. The summed E-state index contributed by atoms with van der Waals surface area (Å²) in [7, 11) is 0. The highest BCUT2D eigenvalue weighted by Gasteiger charge is 2.44. The Morgan fingerprint density at radius 1 is 0.881 bits per heavy atom. The number of rotatable bonds is 13. The molecule has 2 aliphatic rings. The number of likely N-dealkylation sites (N-methyl/N-ethyl adjacent to an activating group) is 1. The number of likely N-dealkylation sites (tertiary alicyclic amines) is 1. The van der Waals surface area contributed by atoms with Crippen molar-refractivity contribution in [2.24, 2.45) is 22.5 Å². The predicted molar refractivity (Wildman–Crippen MR) is 159 cm³/mol. The number of amides is 6. The van der Waals surface area contributed by atoms with Gasteiger partial charge in [-0.1, -0.05) is 61.3 Å². The van der Waals surface area contributed by atoms with Crippen molar-refractivity contribution >= 4 is 35.4 Å². The first-order valence-corrected chi connectivity index (χ1v) is 15.2. The van der Waals surface area contributed by atoms with Gasteiger partial charge in [0.15, 0.2) is 0 Å². The summed E-state index contributed by atoms with van der Waals surface area (Å²) in [5.41, 5.74) is 3.90.